The molecular weight excluding hydrogens is 314 g/mol. The highest BCUT2D eigenvalue weighted by Gasteiger charge is 2.05. The first-order chi connectivity index (χ1) is 12.1. The minimum atomic E-state index is -0.00652. The number of benzene rings is 2. The number of carbonyl (C=O) groups is 1. The molecule has 0 spiro atoms. The summed E-state index contributed by atoms with van der Waals surface area (Å²) in [5.74, 6) is 1.68. The molecule has 5 heteroatoms. The Labute approximate surface area is 147 Å². The number of aromatic amines is 1. The van der Waals surface area contributed by atoms with Gasteiger partial charge in [-0.25, -0.2) is 4.98 Å². The maximum absolute atomic E-state index is 12.1. The highest BCUT2D eigenvalue weighted by molar-refractivity contribution is 5.91. The van der Waals surface area contributed by atoms with E-state index in [4.69, 9.17) is 4.74 Å². The maximum atomic E-state index is 12.1. The number of methoxy groups -OCH3 is 1. The average molecular weight is 335 g/mol. The van der Waals surface area contributed by atoms with Crippen molar-refractivity contribution < 1.29 is 9.53 Å². The number of hydrogen-bond donors (Lipinski definition) is 2. The molecule has 5 nitrogen and oxygen atoms in total. The van der Waals surface area contributed by atoms with Crippen molar-refractivity contribution in [2.24, 2.45) is 0 Å². The molecule has 0 aliphatic heterocycles. The molecule has 3 aromatic rings. The number of carbonyl (C=O) groups excluding carboxylic acids is 1. The van der Waals surface area contributed by atoms with Gasteiger partial charge in [-0.3, -0.25) is 4.79 Å². The molecule has 0 atom stereocenters. The molecule has 25 heavy (non-hydrogen) atoms. The molecule has 0 fully saturated rings. The smallest absolute Gasteiger partial charge is 0.224 e. The number of imidazole rings is 1. The van der Waals surface area contributed by atoms with Crippen LogP contribution in [0.3, 0.4) is 0 Å². The van der Waals surface area contributed by atoms with E-state index in [0.29, 0.717) is 12.8 Å². The fraction of sp³-hybridized carbons (Fsp3) is 0.200. The summed E-state index contributed by atoms with van der Waals surface area (Å²) in [5.41, 5.74) is 3.87. The quantitative estimate of drug-likeness (QED) is 0.716. The Balaban J connectivity index is 1.55. The van der Waals surface area contributed by atoms with Crippen molar-refractivity contribution >= 4 is 11.6 Å². The summed E-state index contributed by atoms with van der Waals surface area (Å²) in [6.45, 7) is 1.92. The summed E-state index contributed by atoms with van der Waals surface area (Å²) in [5, 5.41) is 2.93. The van der Waals surface area contributed by atoms with Crippen LogP contribution in [0.2, 0.25) is 0 Å². The second kappa shape index (κ2) is 7.66. The van der Waals surface area contributed by atoms with Gasteiger partial charge in [-0.15, -0.1) is 0 Å². The van der Waals surface area contributed by atoms with Crippen LogP contribution in [0.15, 0.2) is 54.7 Å². The van der Waals surface area contributed by atoms with Gasteiger partial charge in [-0.1, -0.05) is 24.3 Å². The minimum absolute atomic E-state index is 0.00652. The third kappa shape index (κ3) is 4.47. The first kappa shape index (κ1) is 16.8. The van der Waals surface area contributed by atoms with Gasteiger partial charge in [0, 0.05) is 12.1 Å². The van der Waals surface area contributed by atoms with E-state index >= 15 is 0 Å². The normalized spacial score (nSPS) is 10.5. The number of amides is 1. The molecule has 1 heterocycles. The van der Waals surface area contributed by atoms with Crippen molar-refractivity contribution in [1.82, 2.24) is 9.97 Å². The first-order valence-corrected chi connectivity index (χ1v) is 8.19. The van der Waals surface area contributed by atoms with Crippen molar-refractivity contribution in [3.63, 3.8) is 0 Å². The average Bonchev–Trinajstić information content (AvgIpc) is 3.07. The highest BCUT2D eigenvalue weighted by Crippen LogP contribution is 2.20. The van der Waals surface area contributed by atoms with Gasteiger partial charge in [0.2, 0.25) is 5.91 Å². The van der Waals surface area contributed by atoms with Crippen LogP contribution in [0.25, 0.3) is 11.3 Å². The van der Waals surface area contributed by atoms with Crippen LogP contribution in [0.5, 0.6) is 5.75 Å². The van der Waals surface area contributed by atoms with E-state index in [2.05, 4.69) is 15.3 Å². The Bertz CT molecular complexity index is 853. The van der Waals surface area contributed by atoms with Gasteiger partial charge in [0.1, 0.15) is 11.6 Å². The Hall–Kier alpha value is -3.08. The lowest BCUT2D eigenvalue weighted by Gasteiger charge is -2.07. The predicted octanol–water partition coefficient (Wildman–Crippen LogP) is 3.97. The molecule has 1 aromatic heterocycles. The fourth-order valence-electron chi connectivity index (χ4n) is 2.61. The largest absolute Gasteiger partial charge is 0.497 e. The SMILES string of the molecule is COc1cccc(CCC(=O)Nc2ccc(-c3cnc(C)[nH]3)cc2)c1. The number of ether oxygens (including phenoxy) is 1. The second-order valence-electron chi connectivity index (χ2n) is 5.86. The van der Waals surface area contributed by atoms with Crippen LogP contribution in [0.4, 0.5) is 5.69 Å². The van der Waals surface area contributed by atoms with Crippen LogP contribution in [-0.2, 0) is 11.2 Å². The van der Waals surface area contributed by atoms with Crippen molar-refractivity contribution in [3.05, 3.63) is 66.1 Å². The van der Waals surface area contributed by atoms with E-state index in [1.807, 2.05) is 55.5 Å². The fourth-order valence-corrected chi connectivity index (χ4v) is 2.61. The molecule has 1 amide bonds. The molecular formula is C20H21N3O2. The van der Waals surface area contributed by atoms with Crippen molar-refractivity contribution in [1.29, 1.82) is 0 Å². The summed E-state index contributed by atoms with van der Waals surface area (Å²) in [6.07, 6.45) is 2.90. The Morgan fingerprint density at radius 3 is 2.68 bits per heavy atom. The van der Waals surface area contributed by atoms with E-state index in [1.54, 1.807) is 13.3 Å². The lowest BCUT2D eigenvalue weighted by atomic mass is 10.1. The highest BCUT2D eigenvalue weighted by atomic mass is 16.5. The summed E-state index contributed by atoms with van der Waals surface area (Å²) in [7, 11) is 1.64. The minimum Gasteiger partial charge on any atom is -0.497 e. The number of nitrogens with one attached hydrogen (secondary N) is 2. The van der Waals surface area contributed by atoms with Gasteiger partial charge in [0.25, 0.3) is 0 Å². The van der Waals surface area contributed by atoms with Crippen LogP contribution in [0.1, 0.15) is 17.8 Å². The van der Waals surface area contributed by atoms with Gasteiger partial charge >= 0.3 is 0 Å². The number of hydrogen-bond acceptors (Lipinski definition) is 3. The zero-order valence-electron chi connectivity index (χ0n) is 14.4. The van der Waals surface area contributed by atoms with E-state index in [-0.39, 0.29) is 5.91 Å². The van der Waals surface area contributed by atoms with E-state index in [1.165, 1.54) is 0 Å². The summed E-state index contributed by atoms with van der Waals surface area (Å²) in [4.78, 5) is 19.5. The topological polar surface area (TPSA) is 67.0 Å². The standard InChI is InChI=1S/C20H21N3O2/c1-14-21-13-19(22-14)16-7-9-17(10-8-16)23-20(24)11-6-15-4-3-5-18(12-15)25-2/h3-5,7-10,12-13H,6,11H2,1-2H3,(H,21,22)(H,23,24). The monoisotopic (exact) mass is 335 g/mol. The zero-order valence-corrected chi connectivity index (χ0v) is 14.4. The number of aromatic nitrogens is 2. The lowest BCUT2D eigenvalue weighted by Crippen LogP contribution is -2.12. The summed E-state index contributed by atoms with van der Waals surface area (Å²) in [6, 6.07) is 15.5. The Morgan fingerprint density at radius 2 is 2.00 bits per heavy atom. The van der Waals surface area contributed by atoms with E-state index in [0.717, 1.165) is 34.1 Å². The maximum Gasteiger partial charge on any atom is 0.224 e. The number of rotatable bonds is 6. The molecule has 0 saturated heterocycles. The van der Waals surface area contributed by atoms with Gasteiger partial charge in [-0.2, -0.15) is 0 Å². The third-order valence-corrected chi connectivity index (χ3v) is 3.96. The lowest BCUT2D eigenvalue weighted by molar-refractivity contribution is -0.116. The predicted molar refractivity (Wildman–Crippen MR) is 98.7 cm³/mol. The van der Waals surface area contributed by atoms with Gasteiger partial charge in [0.05, 0.1) is 19.0 Å². The number of aryl methyl sites for hydroxylation is 2. The number of anilines is 1. The van der Waals surface area contributed by atoms with E-state index < -0.39 is 0 Å². The molecule has 0 radical (unpaired) electrons. The van der Waals surface area contributed by atoms with Gasteiger partial charge < -0.3 is 15.0 Å². The van der Waals surface area contributed by atoms with Gasteiger partial charge in [0.15, 0.2) is 0 Å². The number of nitrogens with zero attached hydrogens (tertiary/aromatic N) is 1. The summed E-state index contributed by atoms with van der Waals surface area (Å²) < 4.78 is 5.20. The first-order valence-electron chi connectivity index (χ1n) is 8.19. The molecule has 0 aliphatic carbocycles. The van der Waals surface area contributed by atoms with Crippen molar-refractivity contribution in [3.8, 4) is 17.0 Å². The molecule has 0 bridgehead atoms. The van der Waals surface area contributed by atoms with Gasteiger partial charge in [-0.05, 0) is 48.7 Å². The molecule has 0 unspecified atom stereocenters. The molecule has 0 saturated carbocycles. The Kier molecular flexibility index (Phi) is 5.14. The van der Waals surface area contributed by atoms with Crippen LogP contribution in [0, 0.1) is 6.92 Å². The van der Waals surface area contributed by atoms with Crippen molar-refractivity contribution in [2.45, 2.75) is 19.8 Å². The van der Waals surface area contributed by atoms with Crippen LogP contribution in [-0.4, -0.2) is 23.0 Å². The van der Waals surface area contributed by atoms with Crippen LogP contribution >= 0.6 is 0 Å². The summed E-state index contributed by atoms with van der Waals surface area (Å²) >= 11 is 0. The molecule has 128 valence electrons. The molecule has 3 rings (SSSR count). The van der Waals surface area contributed by atoms with Crippen LogP contribution < -0.4 is 10.1 Å². The number of H-pyrrole nitrogens is 1. The second-order valence-corrected chi connectivity index (χ2v) is 5.86. The third-order valence-electron chi connectivity index (χ3n) is 3.96. The zero-order chi connectivity index (χ0) is 17.6. The van der Waals surface area contributed by atoms with E-state index in [9.17, 15) is 4.79 Å². The Morgan fingerprint density at radius 1 is 1.20 bits per heavy atom. The van der Waals surface area contributed by atoms with Crippen molar-refractivity contribution in [2.75, 3.05) is 12.4 Å². The molecule has 2 aromatic carbocycles. The molecule has 2 N–H and O–H groups in total. The molecule has 0 aliphatic rings.